The van der Waals surface area contributed by atoms with E-state index in [9.17, 15) is 0 Å². The molecule has 0 amide bonds. The van der Waals surface area contributed by atoms with Crippen LogP contribution in [0.25, 0.3) is 11.5 Å². The Balaban J connectivity index is 2.17. The first kappa shape index (κ1) is 15.1. The van der Waals surface area contributed by atoms with Crippen LogP contribution in [0.1, 0.15) is 36.7 Å². The standard InChI is InChI=1S/C15H16Br2N4/c1-8(2)13-10-3-4-18-7-12(10)20-15(21-13)14-11(17)5-9(16)6-19-14/h5-6,8,18H,3-4,7H2,1-2H3. The van der Waals surface area contributed by atoms with Gasteiger partial charge in [0.15, 0.2) is 5.82 Å². The highest BCUT2D eigenvalue weighted by atomic mass is 79.9. The minimum atomic E-state index is 0.382. The molecule has 0 unspecified atom stereocenters. The lowest BCUT2D eigenvalue weighted by Crippen LogP contribution is -2.27. The van der Waals surface area contributed by atoms with E-state index >= 15 is 0 Å². The SMILES string of the molecule is CC(C)c1nc(-c2ncc(Br)cc2Br)nc2c1CCNC2. The molecule has 1 aliphatic heterocycles. The van der Waals surface area contributed by atoms with Gasteiger partial charge in [0, 0.05) is 21.7 Å². The van der Waals surface area contributed by atoms with Crippen LogP contribution >= 0.6 is 31.9 Å². The molecule has 2 aromatic heterocycles. The summed E-state index contributed by atoms with van der Waals surface area (Å²) in [6.45, 7) is 6.16. The summed E-state index contributed by atoms with van der Waals surface area (Å²) in [5, 5.41) is 3.38. The molecule has 0 radical (unpaired) electrons. The van der Waals surface area contributed by atoms with Crippen LogP contribution in [0.3, 0.4) is 0 Å². The lowest BCUT2D eigenvalue weighted by atomic mass is 9.97. The van der Waals surface area contributed by atoms with E-state index in [1.54, 1.807) is 6.20 Å². The Morgan fingerprint density at radius 1 is 1.24 bits per heavy atom. The van der Waals surface area contributed by atoms with Crippen molar-refractivity contribution in [3.05, 3.63) is 38.2 Å². The molecule has 21 heavy (non-hydrogen) atoms. The average molecular weight is 412 g/mol. The predicted molar refractivity (Wildman–Crippen MR) is 90.2 cm³/mol. The molecule has 3 heterocycles. The fourth-order valence-electron chi connectivity index (χ4n) is 2.55. The van der Waals surface area contributed by atoms with Gasteiger partial charge in [0.2, 0.25) is 0 Å². The van der Waals surface area contributed by atoms with E-state index in [2.05, 4.69) is 56.0 Å². The van der Waals surface area contributed by atoms with E-state index in [-0.39, 0.29) is 0 Å². The molecular weight excluding hydrogens is 396 g/mol. The van der Waals surface area contributed by atoms with Gasteiger partial charge in [-0.3, -0.25) is 4.98 Å². The third-order valence-electron chi connectivity index (χ3n) is 3.54. The van der Waals surface area contributed by atoms with Crippen molar-refractivity contribution in [2.45, 2.75) is 32.7 Å². The van der Waals surface area contributed by atoms with Crippen LogP contribution < -0.4 is 5.32 Å². The quantitative estimate of drug-likeness (QED) is 0.815. The third kappa shape index (κ3) is 3.03. The second-order valence-corrected chi connectivity index (χ2v) is 7.19. The Hall–Kier alpha value is -0.850. The van der Waals surface area contributed by atoms with E-state index < -0.39 is 0 Å². The van der Waals surface area contributed by atoms with E-state index in [4.69, 9.17) is 9.97 Å². The van der Waals surface area contributed by atoms with E-state index in [1.165, 1.54) is 5.56 Å². The summed E-state index contributed by atoms with van der Waals surface area (Å²) in [6, 6.07) is 1.97. The van der Waals surface area contributed by atoms with Gasteiger partial charge in [-0.25, -0.2) is 9.97 Å². The minimum absolute atomic E-state index is 0.382. The first-order valence-corrected chi connectivity index (χ1v) is 8.56. The summed E-state index contributed by atoms with van der Waals surface area (Å²) in [6.07, 6.45) is 2.77. The Morgan fingerprint density at radius 2 is 2.05 bits per heavy atom. The molecule has 0 fully saturated rings. The van der Waals surface area contributed by atoms with Crippen molar-refractivity contribution >= 4 is 31.9 Å². The van der Waals surface area contributed by atoms with Gasteiger partial charge < -0.3 is 5.32 Å². The van der Waals surface area contributed by atoms with Crippen LogP contribution in [0.2, 0.25) is 0 Å². The molecule has 6 heteroatoms. The summed E-state index contributed by atoms with van der Waals surface area (Å²) in [5.74, 6) is 1.08. The molecular formula is C15H16Br2N4. The zero-order valence-electron chi connectivity index (χ0n) is 12.0. The number of hydrogen-bond donors (Lipinski definition) is 1. The van der Waals surface area contributed by atoms with Crippen molar-refractivity contribution in [1.82, 2.24) is 20.3 Å². The molecule has 1 aliphatic rings. The van der Waals surface area contributed by atoms with Gasteiger partial charge in [0.1, 0.15) is 5.69 Å². The highest BCUT2D eigenvalue weighted by molar-refractivity contribution is 9.11. The highest BCUT2D eigenvalue weighted by Crippen LogP contribution is 2.30. The summed E-state index contributed by atoms with van der Waals surface area (Å²) in [4.78, 5) is 14.0. The monoisotopic (exact) mass is 410 g/mol. The van der Waals surface area contributed by atoms with Crippen LogP contribution in [0.5, 0.6) is 0 Å². The molecule has 4 nitrogen and oxygen atoms in total. The number of aromatic nitrogens is 3. The Bertz CT molecular complexity index is 686. The van der Waals surface area contributed by atoms with Crippen molar-refractivity contribution in [2.75, 3.05) is 6.54 Å². The van der Waals surface area contributed by atoms with Gasteiger partial charge in [0.25, 0.3) is 0 Å². The van der Waals surface area contributed by atoms with Gasteiger partial charge in [0.05, 0.1) is 11.4 Å². The van der Waals surface area contributed by atoms with Crippen LogP contribution in [0.4, 0.5) is 0 Å². The van der Waals surface area contributed by atoms with Gasteiger partial charge in [-0.1, -0.05) is 13.8 Å². The smallest absolute Gasteiger partial charge is 0.179 e. The maximum atomic E-state index is 4.80. The molecule has 1 N–H and O–H groups in total. The van der Waals surface area contributed by atoms with E-state index in [0.717, 1.165) is 45.5 Å². The Morgan fingerprint density at radius 3 is 2.76 bits per heavy atom. The van der Waals surface area contributed by atoms with Crippen molar-refractivity contribution in [3.63, 3.8) is 0 Å². The molecule has 0 aromatic carbocycles. The summed E-state index contributed by atoms with van der Waals surface area (Å²) >= 11 is 6.98. The number of pyridine rings is 1. The first-order valence-electron chi connectivity index (χ1n) is 6.98. The van der Waals surface area contributed by atoms with Gasteiger partial charge >= 0.3 is 0 Å². The second kappa shape index (κ2) is 6.10. The summed E-state index contributed by atoms with van der Waals surface area (Å²) in [5.41, 5.74) is 4.34. The van der Waals surface area contributed by atoms with Crippen LogP contribution in [-0.2, 0) is 13.0 Å². The molecule has 0 aliphatic carbocycles. The average Bonchev–Trinajstić information content (AvgIpc) is 2.46. The van der Waals surface area contributed by atoms with E-state index in [0.29, 0.717) is 11.7 Å². The Labute approximate surface area is 141 Å². The largest absolute Gasteiger partial charge is 0.311 e. The Kier molecular flexibility index (Phi) is 4.38. The minimum Gasteiger partial charge on any atom is -0.311 e. The summed E-state index contributed by atoms with van der Waals surface area (Å²) < 4.78 is 1.83. The lowest BCUT2D eigenvalue weighted by molar-refractivity contribution is 0.609. The van der Waals surface area contributed by atoms with Gasteiger partial charge in [-0.2, -0.15) is 0 Å². The summed E-state index contributed by atoms with van der Waals surface area (Å²) in [7, 11) is 0. The van der Waals surface area contributed by atoms with Crippen LogP contribution in [0, 0.1) is 0 Å². The lowest BCUT2D eigenvalue weighted by Gasteiger charge is -2.21. The molecule has 0 spiro atoms. The van der Waals surface area contributed by atoms with Crippen molar-refractivity contribution in [3.8, 4) is 11.5 Å². The van der Waals surface area contributed by atoms with Crippen molar-refractivity contribution in [2.24, 2.45) is 0 Å². The highest BCUT2D eigenvalue weighted by Gasteiger charge is 2.21. The van der Waals surface area contributed by atoms with Crippen molar-refractivity contribution < 1.29 is 0 Å². The first-order chi connectivity index (χ1) is 10.1. The zero-order valence-corrected chi connectivity index (χ0v) is 15.1. The topological polar surface area (TPSA) is 50.7 Å². The number of halogens is 2. The molecule has 110 valence electrons. The van der Waals surface area contributed by atoms with Crippen LogP contribution in [0.15, 0.2) is 21.2 Å². The molecule has 0 saturated carbocycles. The number of fused-ring (bicyclic) bond motifs is 1. The predicted octanol–water partition coefficient (Wildman–Crippen LogP) is 3.83. The number of nitrogens with zero attached hydrogens (tertiary/aromatic N) is 3. The zero-order chi connectivity index (χ0) is 15.0. The third-order valence-corrected chi connectivity index (χ3v) is 4.57. The molecule has 0 bridgehead atoms. The number of nitrogens with one attached hydrogen (secondary N) is 1. The van der Waals surface area contributed by atoms with Gasteiger partial charge in [-0.05, 0) is 62.4 Å². The van der Waals surface area contributed by atoms with Crippen molar-refractivity contribution in [1.29, 1.82) is 0 Å². The second-order valence-electron chi connectivity index (χ2n) is 5.42. The maximum Gasteiger partial charge on any atom is 0.179 e. The molecule has 3 rings (SSSR count). The number of hydrogen-bond acceptors (Lipinski definition) is 4. The molecule has 0 saturated heterocycles. The normalized spacial score (nSPS) is 14.3. The fourth-order valence-corrected chi connectivity index (χ4v) is 3.72. The molecule has 0 atom stereocenters. The number of rotatable bonds is 2. The van der Waals surface area contributed by atoms with E-state index in [1.807, 2.05) is 6.07 Å². The van der Waals surface area contributed by atoms with Crippen LogP contribution in [-0.4, -0.2) is 21.5 Å². The molecule has 2 aromatic rings. The van der Waals surface area contributed by atoms with Gasteiger partial charge in [-0.15, -0.1) is 0 Å². The fraction of sp³-hybridized carbons (Fsp3) is 0.400. The maximum absolute atomic E-state index is 4.80.